The summed E-state index contributed by atoms with van der Waals surface area (Å²) in [5.41, 5.74) is 0.147. The summed E-state index contributed by atoms with van der Waals surface area (Å²) < 4.78 is 6.60. The number of fused-ring (bicyclic) bond motifs is 1. The van der Waals surface area contributed by atoms with E-state index in [1.54, 1.807) is 13.0 Å². The molecular formula is C12H8Cl2N4O2. The van der Waals surface area contributed by atoms with Gasteiger partial charge in [-0.3, -0.25) is 9.36 Å². The van der Waals surface area contributed by atoms with Crippen molar-refractivity contribution in [1.82, 2.24) is 19.7 Å². The summed E-state index contributed by atoms with van der Waals surface area (Å²) in [6, 6.07) is 3.08. The van der Waals surface area contributed by atoms with E-state index in [2.05, 4.69) is 15.2 Å². The molecule has 0 spiro atoms. The van der Waals surface area contributed by atoms with Crippen molar-refractivity contribution in [1.29, 1.82) is 0 Å². The fraction of sp³-hybridized carbons (Fsp3) is 0.167. The zero-order chi connectivity index (χ0) is 14.3. The van der Waals surface area contributed by atoms with Crippen LogP contribution in [0.3, 0.4) is 0 Å². The van der Waals surface area contributed by atoms with Gasteiger partial charge in [-0.25, -0.2) is 4.98 Å². The third kappa shape index (κ3) is 2.28. The molecule has 0 aliphatic carbocycles. The predicted molar refractivity (Wildman–Crippen MR) is 74.2 cm³/mol. The Morgan fingerprint density at radius 3 is 2.80 bits per heavy atom. The standard InChI is InChI=1S/C12H8Cl2N4O2/c1-6-16-17-10(20-6)4-18-5-15-11-8(12(18)19)2-7(13)3-9(11)14/h2-3,5H,4H2,1H3. The molecule has 20 heavy (non-hydrogen) atoms. The summed E-state index contributed by atoms with van der Waals surface area (Å²) >= 11 is 11.9. The topological polar surface area (TPSA) is 73.8 Å². The molecule has 0 bridgehead atoms. The first-order valence-electron chi connectivity index (χ1n) is 5.68. The number of aromatic nitrogens is 4. The van der Waals surface area contributed by atoms with E-state index in [0.29, 0.717) is 32.7 Å². The van der Waals surface area contributed by atoms with Crippen LogP contribution in [0, 0.1) is 6.92 Å². The molecule has 0 unspecified atom stereocenters. The number of aryl methyl sites for hydroxylation is 1. The van der Waals surface area contributed by atoms with Gasteiger partial charge in [0.05, 0.1) is 22.3 Å². The van der Waals surface area contributed by atoms with E-state index in [-0.39, 0.29) is 12.1 Å². The molecule has 0 amide bonds. The highest BCUT2D eigenvalue weighted by molar-refractivity contribution is 6.38. The summed E-state index contributed by atoms with van der Waals surface area (Å²) in [6.45, 7) is 1.82. The van der Waals surface area contributed by atoms with Crippen molar-refractivity contribution < 1.29 is 4.42 Å². The minimum absolute atomic E-state index is 0.146. The molecule has 0 N–H and O–H groups in total. The Morgan fingerprint density at radius 1 is 1.30 bits per heavy atom. The summed E-state index contributed by atoms with van der Waals surface area (Å²) in [6.07, 6.45) is 1.39. The van der Waals surface area contributed by atoms with Crippen LogP contribution in [0.5, 0.6) is 0 Å². The van der Waals surface area contributed by atoms with Gasteiger partial charge in [-0.2, -0.15) is 0 Å². The number of hydrogen-bond acceptors (Lipinski definition) is 5. The van der Waals surface area contributed by atoms with E-state index >= 15 is 0 Å². The Hall–Kier alpha value is -1.92. The van der Waals surface area contributed by atoms with Gasteiger partial charge in [-0.15, -0.1) is 10.2 Å². The molecule has 2 heterocycles. The van der Waals surface area contributed by atoms with E-state index in [4.69, 9.17) is 27.6 Å². The van der Waals surface area contributed by atoms with Crippen LogP contribution in [-0.4, -0.2) is 19.7 Å². The highest BCUT2D eigenvalue weighted by Gasteiger charge is 2.11. The van der Waals surface area contributed by atoms with Gasteiger partial charge in [-0.05, 0) is 12.1 Å². The summed E-state index contributed by atoms with van der Waals surface area (Å²) in [5.74, 6) is 0.770. The van der Waals surface area contributed by atoms with Crippen molar-refractivity contribution in [2.75, 3.05) is 0 Å². The Bertz CT molecular complexity index is 856. The van der Waals surface area contributed by atoms with E-state index in [1.807, 2.05) is 0 Å². The smallest absolute Gasteiger partial charge is 0.261 e. The first-order chi connectivity index (χ1) is 9.54. The maximum Gasteiger partial charge on any atom is 0.261 e. The first kappa shape index (κ1) is 13.1. The molecule has 102 valence electrons. The van der Waals surface area contributed by atoms with Gasteiger partial charge in [0.1, 0.15) is 6.54 Å². The van der Waals surface area contributed by atoms with Crippen molar-refractivity contribution in [2.45, 2.75) is 13.5 Å². The third-order valence-electron chi connectivity index (χ3n) is 2.72. The first-order valence-corrected chi connectivity index (χ1v) is 6.43. The van der Waals surface area contributed by atoms with Crippen molar-refractivity contribution in [2.24, 2.45) is 0 Å². The zero-order valence-electron chi connectivity index (χ0n) is 10.3. The van der Waals surface area contributed by atoms with Gasteiger partial charge >= 0.3 is 0 Å². The van der Waals surface area contributed by atoms with Crippen molar-refractivity contribution in [3.8, 4) is 0 Å². The van der Waals surface area contributed by atoms with E-state index < -0.39 is 0 Å². The van der Waals surface area contributed by atoms with E-state index in [1.165, 1.54) is 17.0 Å². The molecule has 1 aromatic carbocycles. The SMILES string of the molecule is Cc1nnc(Cn2cnc3c(Cl)cc(Cl)cc3c2=O)o1. The Morgan fingerprint density at radius 2 is 2.10 bits per heavy atom. The largest absolute Gasteiger partial charge is 0.424 e. The van der Waals surface area contributed by atoms with Crippen LogP contribution in [0.1, 0.15) is 11.8 Å². The maximum atomic E-state index is 12.4. The second kappa shape index (κ2) is 4.88. The predicted octanol–water partition coefficient (Wildman–Crippen LogP) is 2.44. The number of nitrogens with zero attached hydrogens (tertiary/aromatic N) is 4. The molecule has 0 fully saturated rings. The summed E-state index contributed by atoms with van der Waals surface area (Å²) in [7, 11) is 0. The van der Waals surface area contributed by atoms with Gasteiger partial charge in [0.15, 0.2) is 0 Å². The van der Waals surface area contributed by atoms with Gasteiger partial charge in [0.25, 0.3) is 5.56 Å². The maximum absolute atomic E-state index is 12.4. The molecule has 3 rings (SSSR count). The Labute approximate surface area is 123 Å². The lowest BCUT2D eigenvalue weighted by molar-refractivity contribution is 0.451. The molecule has 0 saturated carbocycles. The fourth-order valence-electron chi connectivity index (χ4n) is 1.85. The molecule has 0 radical (unpaired) electrons. The molecule has 0 atom stereocenters. The van der Waals surface area contributed by atoms with Crippen LogP contribution in [0.2, 0.25) is 10.0 Å². The van der Waals surface area contributed by atoms with Gasteiger partial charge < -0.3 is 4.42 Å². The Kier molecular flexibility index (Phi) is 3.19. The molecule has 6 nitrogen and oxygen atoms in total. The normalized spacial score (nSPS) is 11.2. The second-order valence-electron chi connectivity index (χ2n) is 4.18. The zero-order valence-corrected chi connectivity index (χ0v) is 11.8. The minimum atomic E-state index is -0.268. The lowest BCUT2D eigenvalue weighted by atomic mass is 10.2. The van der Waals surface area contributed by atoms with Crippen molar-refractivity contribution in [3.63, 3.8) is 0 Å². The average Bonchev–Trinajstić information content (AvgIpc) is 2.79. The fourth-order valence-corrected chi connectivity index (χ4v) is 2.40. The highest BCUT2D eigenvalue weighted by Crippen LogP contribution is 2.23. The minimum Gasteiger partial charge on any atom is -0.424 e. The second-order valence-corrected chi connectivity index (χ2v) is 5.02. The molecule has 8 heteroatoms. The average molecular weight is 311 g/mol. The monoisotopic (exact) mass is 310 g/mol. The van der Waals surface area contributed by atoms with Crippen molar-refractivity contribution >= 4 is 34.1 Å². The van der Waals surface area contributed by atoms with E-state index in [0.717, 1.165) is 0 Å². The van der Waals surface area contributed by atoms with Crippen LogP contribution in [0.15, 0.2) is 27.7 Å². The van der Waals surface area contributed by atoms with E-state index in [9.17, 15) is 4.79 Å². The van der Waals surface area contributed by atoms with Crippen LogP contribution in [0.25, 0.3) is 10.9 Å². The van der Waals surface area contributed by atoms with Crippen LogP contribution < -0.4 is 5.56 Å². The van der Waals surface area contributed by atoms with Gasteiger partial charge in [-0.1, -0.05) is 23.2 Å². The third-order valence-corrected chi connectivity index (χ3v) is 3.23. The highest BCUT2D eigenvalue weighted by atomic mass is 35.5. The molecule has 3 aromatic rings. The molecule has 0 saturated heterocycles. The lowest BCUT2D eigenvalue weighted by Crippen LogP contribution is -2.21. The Balaban J connectivity index is 2.14. The lowest BCUT2D eigenvalue weighted by Gasteiger charge is -2.05. The summed E-state index contributed by atoms with van der Waals surface area (Å²) in [5, 5.41) is 8.62. The van der Waals surface area contributed by atoms with Crippen molar-refractivity contribution in [3.05, 3.63) is 50.6 Å². The summed E-state index contributed by atoms with van der Waals surface area (Å²) in [4.78, 5) is 16.5. The quantitative estimate of drug-likeness (QED) is 0.727. The van der Waals surface area contributed by atoms with Gasteiger partial charge in [0.2, 0.25) is 11.8 Å². The number of rotatable bonds is 2. The molecule has 2 aromatic heterocycles. The molecule has 0 aliphatic rings. The molecular weight excluding hydrogens is 303 g/mol. The number of benzene rings is 1. The van der Waals surface area contributed by atoms with Crippen LogP contribution >= 0.6 is 23.2 Å². The molecule has 0 aliphatic heterocycles. The van der Waals surface area contributed by atoms with Gasteiger partial charge in [0, 0.05) is 11.9 Å². The van der Waals surface area contributed by atoms with Crippen LogP contribution in [0.4, 0.5) is 0 Å². The number of hydrogen-bond donors (Lipinski definition) is 0. The number of halogens is 2. The van der Waals surface area contributed by atoms with Crippen LogP contribution in [-0.2, 0) is 6.54 Å².